The Hall–Kier alpha value is -1.16. The highest BCUT2D eigenvalue weighted by atomic mass is 79.9. The van der Waals surface area contributed by atoms with Crippen molar-refractivity contribution in [3.63, 3.8) is 0 Å². The molecule has 0 aliphatic heterocycles. The van der Waals surface area contributed by atoms with Crippen molar-refractivity contribution < 1.29 is 4.74 Å². The van der Waals surface area contributed by atoms with Crippen molar-refractivity contribution in [1.29, 1.82) is 0 Å². The number of benzene rings is 2. The van der Waals surface area contributed by atoms with Gasteiger partial charge < -0.3 is 10.1 Å². The molecule has 0 spiro atoms. The molecular formula is C18H22BrNO. The Morgan fingerprint density at radius 2 is 1.86 bits per heavy atom. The van der Waals surface area contributed by atoms with Gasteiger partial charge in [0.1, 0.15) is 0 Å². The Morgan fingerprint density at radius 3 is 2.43 bits per heavy atom. The van der Waals surface area contributed by atoms with Crippen LogP contribution in [0, 0.1) is 6.92 Å². The smallest absolute Gasteiger partial charge is 0.0576 e. The number of hydrogen-bond donors (Lipinski definition) is 1. The van der Waals surface area contributed by atoms with Gasteiger partial charge >= 0.3 is 0 Å². The number of aryl methyl sites for hydroxylation is 1. The molecule has 2 aromatic rings. The Balaban J connectivity index is 2.24. The fraction of sp³-hybridized carbons (Fsp3) is 0.333. The second kappa shape index (κ2) is 7.74. The Bertz CT molecular complexity index is 580. The van der Waals surface area contributed by atoms with Gasteiger partial charge in [0, 0.05) is 11.6 Å². The van der Waals surface area contributed by atoms with Crippen molar-refractivity contribution in [3.05, 3.63) is 69.2 Å². The van der Waals surface area contributed by atoms with E-state index >= 15 is 0 Å². The second-order valence-electron chi connectivity index (χ2n) is 5.21. The molecule has 3 heteroatoms. The van der Waals surface area contributed by atoms with Gasteiger partial charge in [-0.1, -0.05) is 46.3 Å². The first-order chi connectivity index (χ1) is 10.2. The van der Waals surface area contributed by atoms with Gasteiger partial charge in [-0.3, -0.25) is 0 Å². The zero-order valence-corrected chi connectivity index (χ0v) is 14.4. The molecule has 2 rings (SSSR count). The molecular weight excluding hydrogens is 326 g/mol. The third kappa shape index (κ3) is 4.16. The van der Waals surface area contributed by atoms with Gasteiger partial charge in [0.2, 0.25) is 0 Å². The summed E-state index contributed by atoms with van der Waals surface area (Å²) in [5, 5.41) is 3.42. The molecule has 0 aromatic heterocycles. The van der Waals surface area contributed by atoms with Crippen LogP contribution in [-0.2, 0) is 11.2 Å². The van der Waals surface area contributed by atoms with Gasteiger partial charge in [-0.05, 0) is 54.8 Å². The summed E-state index contributed by atoms with van der Waals surface area (Å²) >= 11 is 3.52. The third-order valence-electron chi connectivity index (χ3n) is 3.74. The minimum Gasteiger partial charge on any atom is -0.384 e. The molecule has 0 heterocycles. The van der Waals surface area contributed by atoms with Crippen LogP contribution in [0.2, 0.25) is 0 Å². The topological polar surface area (TPSA) is 21.3 Å². The largest absolute Gasteiger partial charge is 0.384 e. The van der Waals surface area contributed by atoms with E-state index in [4.69, 9.17) is 4.74 Å². The van der Waals surface area contributed by atoms with Gasteiger partial charge in [0.05, 0.1) is 12.6 Å². The van der Waals surface area contributed by atoms with E-state index in [0.29, 0.717) is 0 Å². The molecule has 0 saturated carbocycles. The minimum absolute atomic E-state index is 0.217. The van der Waals surface area contributed by atoms with Gasteiger partial charge in [-0.15, -0.1) is 0 Å². The molecule has 2 nitrogen and oxygen atoms in total. The van der Waals surface area contributed by atoms with Crippen LogP contribution >= 0.6 is 15.9 Å². The molecule has 21 heavy (non-hydrogen) atoms. The maximum Gasteiger partial charge on any atom is 0.0576 e. The zero-order valence-electron chi connectivity index (χ0n) is 12.8. The molecule has 112 valence electrons. The van der Waals surface area contributed by atoms with Crippen molar-refractivity contribution >= 4 is 15.9 Å². The monoisotopic (exact) mass is 347 g/mol. The highest BCUT2D eigenvalue weighted by Crippen LogP contribution is 2.27. The Morgan fingerprint density at radius 1 is 1.14 bits per heavy atom. The summed E-state index contributed by atoms with van der Waals surface area (Å²) in [5.74, 6) is 0. The quantitative estimate of drug-likeness (QED) is 0.842. The standard InChI is InChI=1S/C18H22BrNO/c1-13-12-16(19)8-9-17(13)18(20-2)15-6-4-14(5-7-15)10-11-21-3/h4-9,12,18,20H,10-11H2,1-3H3. The Kier molecular flexibility index (Phi) is 5.97. The lowest BCUT2D eigenvalue weighted by atomic mass is 9.94. The van der Waals surface area contributed by atoms with E-state index < -0.39 is 0 Å². The first-order valence-corrected chi connectivity index (χ1v) is 7.96. The maximum atomic E-state index is 5.12. The van der Waals surface area contributed by atoms with E-state index in [2.05, 4.69) is 70.6 Å². The van der Waals surface area contributed by atoms with Crippen LogP contribution in [0.25, 0.3) is 0 Å². The fourth-order valence-corrected chi connectivity index (χ4v) is 3.04. The molecule has 0 amide bonds. The van der Waals surface area contributed by atoms with Crippen molar-refractivity contribution in [3.8, 4) is 0 Å². The number of hydrogen-bond acceptors (Lipinski definition) is 2. The molecule has 0 bridgehead atoms. The summed E-state index contributed by atoms with van der Waals surface area (Å²) in [6, 6.07) is 15.4. The average molecular weight is 348 g/mol. The average Bonchev–Trinajstić information content (AvgIpc) is 2.49. The number of ether oxygens (including phenoxy) is 1. The number of nitrogens with one attached hydrogen (secondary N) is 1. The van der Waals surface area contributed by atoms with E-state index in [1.807, 2.05) is 7.05 Å². The second-order valence-corrected chi connectivity index (χ2v) is 6.12. The van der Waals surface area contributed by atoms with Crippen molar-refractivity contribution in [2.45, 2.75) is 19.4 Å². The van der Waals surface area contributed by atoms with E-state index in [1.165, 1.54) is 22.3 Å². The lowest BCUT2D eigenvalue weighted by Crippen LogP contribution is -2.18. The van der Waals surface area contributed by atoms with Crippen LogP contribution in [0.3, 0.4) is 0 Å². The van der Waals surface area contributed by atoms with E-state index in [9.17, 15) is 0 Å². The summed E-state index contributed by atoms with van der Waals surface area (Å²) in [5.41, 5.74) is 5.18. The zero-order chi connectivity index (χ0) is 15.2. The lowest BCUT2D eigenvalue weighted by Gasteiger charge is -2.20. The molecule has 0 radical (unpaired) electrons. The molecule has 0 aliphatic carbocycles. The van der Waals surface area contributed by atoms with Crippen LogP contribution in [0.4, 0.5) is 0 Å². The van der Waals surface area contributed by atoms with E-state index in [1.54, 1.807) is 7.11 Å². The van der Waals surface area contributed by atoms with Crippen LogP contribution in [0.15, 0.2) is 46.9 Å². The summed E-state index contributed by atoms with van der Waals surface area (Å²) in [6.07, 6.45) is 0.957. The van der Waals surface area contributed by atoms with Crippen LogP contribution in [0.1, 0.15) is 28.3 Å². The number of halogens is 1. The molecule has 0 fully saturated rings. The molecule has 1 atom stereocenters. The van der Waals surface area contributed by atoms with Crippen molar-refractivity contribution in [2.24, 2.45) is 0 Å². The third-order valence-corrected chi connectivity index (χ3v) is 4.23. The predicted molar refractivity (Wildman–Crippen MR) is 91.8 cm³/mol. The van der Waals surface area contributed by atoms with Gasteiger partial charge in [-0.2, -0.15) is 0 Å². The summed E-state index contributed by atoms with van der Waals surface area (Å²) in [6.45, 7) is 2.91. The normalized spacial score (nSPS) is 12.4. The molecule has 2 aromatic carbocycles. The summed E-state index contributed by atoms with van der Waals surface area (Å²) < 4.78 is 6.24. The fourth-order valence-electron chi connectivity index (χ4n) is 2.56. The van der Waals surface area contributed by atoms with Crippen molar-refractivity contribution in [2.75, 3.05) is 20.8 Å². The first kappa shape index (κ1) is 16.2. The molecule has 1 N–H and O–H groups in total. The van der Waals surface area contributed by atoms with Crippen LogP contribution in [0.5, 0.6) is 0 Å². The summed E-state index contributed by atoms with van der Waals surface area (Å²) in [4.78, 5) is 0. The SMILES string of the molecule is CNC(c1ccc(CCOC)cc1)c1ccc(Br)cc1C. The van der Waals surface area contributed by atoms with Gasteiger partial charge in [0.15, 0.2) is 0 Å². The highest BCUT2D eigenvalue weighted by molar-refractivity contribution is 9.10. The van der Waals surface area contributed by atoms with Gasteiger partial charge in [-0.25, -0.2) is 0 Å². The molecule has 0 aliphatic rings. The van der Waals surface area contributed by atoms with Crippen molar-refractivity contribution in [1.82, 2.24) is 5.32 Å². The van der Waals surface area contributed by atoms with E-state index in [-0.39, 0.29) is 6.04 Å². The van der Waals surface area contributed by atoms with E-state index in [0.717, 1.165) is 17.5 Å². The first-order valence-electron chi connectivity index (χ1n) is 7.16. The maximum absolute atomic E-state index is 5.12. The van der Waals surface area contributed by atoms with Crippen LogP contribution < -0.4 is 5.32 Å². The predicted octanol–water partition coefficient (Wildman–Crippen LogP) is 4.26. The lowest BCUT2D eigenvalue weighted by molar-refractivity contribution is 0.202. The molecule has 1 unspecified atom stereocenters. The Labute approximate surface area is 135 Å². The van der Waals surface area contributed by atoms with Crippen LogP contribution in [-0.4, -0.2) is 20.8 Å². The summed E-state index contributed by atoms with van der Waals surface area (Å²) in [7, 11) is 3.74. The minimum atomic E-state index is 0.217. The molecule has 0 saturated heterocycles. The number of methoxy groups -OCH3 is 1. The number of rotatable bonds is 6. The van der Waals surface area contributed by atoms with Gasteiger partial charge in [0.25, 0.3) is 0 Å². The highest BCUT2D eigenvalue weighted by Gasteiger charge is 2.14.